The molecule has 346 valence electrons. The van der Waals surface area contributed by atoms with Crippen LogP contribution in [0.3, 0.4) is 0 Å². The largest absolute Gasteiger partial charge is 0.395 e. The van der Waals surface area contributed by atoms with Gasteiger partial charge < -0.3 is 51.5 Å². The summed E-state index contributed by atoms with van der Waals surface area (Å²) in [6.07, 6.45) is 0. The third-order valence-corrected chi connectivity index (χ3v) is 11.0. The second-order valence-electron chi connectivity index (χ2n) is 12.2. The van der Waals surface area contributed by atoms with Crippen molar-refractivity contribution in [3.8, 4) is 0 Å². The van der Waals surface area contributed by atoms with Crippen molar-refractivity contribution in [2.24, 2.45) is 0 Å². The Hall–Kier alpha value is -5.40. The number of benzene rings is 3. The van der Waals surface area contributed by atoms with E-state index in [2.05, 4.69) is 69.9 Å². The Morgan fingerprint density at radius 2 is 1.03 bits per heavy atom. The first-order valence-electron chi connectivity index (χ1n) is 17.8. The molecule has 0 amide bonds. The monoisotopic (exact) mass is 974 g/mol. The SMILES string of the molecule is O=S(=O)(O)c1ccc(SOOO)c(Nc2nc(Nc3cccc(Nc4nc(Nc5cc(SOOO)ccc5S(=O)(=O)O)nc(N(CCO)CCO)n4)c3)nc(N(CCO)CCO)n2)c1. The number of anilines is 10. The molecule has 0 bridgehead atoms. The predicted molar refractivity (Wildman–Crippen MR) is 226 cm³/mol. The van der Waals surface area contributed by atoms with Gasteiger partial charge in [-0.1, -0.05) is 16.1 Å². The van der Waals surface area contributed by atoms with Crippen LogP contribution in [0.4, 0.5) is 58.4 Å². The first-order valence-corrected chi connectivity index (χ1v) is 22.2. The van der Waals surface area contributed by atoms with Gasteiger partial charge in [0.25, 0.3) is 20.2 Å². The molecule has 64 heavy (non-hydrogen) atoms. The highest BCUT2D eigenvalue weighted by molar-refractivity contribution is 7.95. The molecular weight excluding hydrogens is 937 g/mol. The molecule has 0 saturated heterocycles. The van der Waals surface area contributed by atoms with E-state index in [1.165, 1.54) is 28.0 Å². The van der Waals surface area contributed by atoms with Crippen LogP contribution in [-0.2, 0) is 39.0 Å². The van der Waals surface area contributed by atoms with E-state index in [4.69, 9.17) is 10.5 Å². The van der Waals surface area contributed by atoms with Crippen LogP contribution in [0.2, 0.25) is 0 Å². The normalized spacial score (nSPS) is 11.6. The average Bonchev–Trinajstić information content (AvgIpc) is 3.24. The molecule has 0 atom stereocenters. The molecule has 0 spiro atoms. The lowest BCUT2D eigenvalue weighted by Crippen LogP contribution is -2.31. The Morgan fingerprint density at radius 1 is 0.547 bits per heavy atom. The van der Waals surface area contributed by atoms with Gasteiger partial charge in [-0.05, 0) is 54.6 Å². The van der Waals surface area contributed by atoms with Crippen LogP contribution in [0.5, 0.6) is 0 Å². The molecule has 12 N–H and O–H groups in total. The van der Waals surface area contributed by atoms with Gasteiger partial charge in [-0.3, -0.25) is 9.11 Å². The van der Waals surface area contributed by atoms with E-state index in [0.29, 0.717) is 35.5 Å². The zero-order valence-corrected chi connectivity index (χ0v) is 35.8. The molecule has 0 radical (unpaired) electrons. The molecule has 0 saturated carbocycles. The minimum absolute atomic E-state index is 0.0305. The number of hydrogen-bond acceptors (Lipinski definition) is 28. The first-order chi connectivity index (χ1) is 30.7. The zero-order valence-electron chi connectivity index (χ0n) is 32.5. The summed E-state index contributed by atoms with van der Waals surface area (Å²) in [6, 6.07) is 13.2. The van der Waals surface area contributed by atoms with Crippen molar-refractivity contribution in [2.45, 2.75) is 19.6 Å². The minimum atomic E-state index is -4.83. The van der Waals surface area contributed by atoms with Gasteiger partial charge in [0, 0.05) is 42.4 Å². The predicted octanol–water partition coefficient (Wildman–Crippen LogP) is 1.96. The van der Waals surface area contributed by atoms with E-state index in [9.17, 15) is 46.4 Å². The van der Waals surface area contributed by atoms with Crippen molar-refractivity contribution >= 4 is 103 Å². The van der Waals surface area contributed by atoms with Crippen molar-refractivity contribution in [3.05, 3.63) is 60.7 Å². The highest BCUT2D eigenvalue weighted by atomic mass is 32.2. The Labute approximate surface area is 370 Å². The van der Waals surface area contributed by atoms with E-state index < -0.39 is 30.0 Å². The van der Waals surface area contributed by atoms with Gasteiger partial charge in [0.05, 0.1) is 71.7 Å². The van der Waals surface area contributed by atoms with Crippen LogP contribution >= 0.6 is 24.1 Å². The number of nitrogens with one attached hydrogen (secondary N) is 4. The number of aliphatic hydroxyl groups excluding tert-OH is 4. The highest BCUT2D eigenvalue weighted by Gasteiger charge is 2.21. The quantitative estimate of drug-likeness (QED) is 0.0163. The molecule has 0 unspecified atom stereocenters. The van der Waals surface area contributed by atoms with Gasteiger partial charge in [0.2, 0.25) is 35.7 Å². The lowest BCUT2D eigenvalue weighted by atomic mass is 10.3. The number of hydrogen-bond donors (Lipinski definition) is 12. The highest BCUT2D eigenvalue weighted by Crippen LogP contribution is 2.34. The standard InChI is InChI=1S/C32H38N12O16S4/c45-12-8-43(9-13-46)31-39-27(37-29(41-31)35-23-18-22(63(51,52)53)5-6-25(23)62-60-58-50)33-19-2-1-3-20(16-19)34-28-38-30(42-32(40-28)44(10-14-47)11-15-48)36-24-17-21(61-59-57-49)4-7-26(24)64(54,55)56/h1-7,16-18,45-50H,8-15H2,(H,51,52,53)(H,54,55,56)(H2,33,35,37,39,41)(H2,34,36,38,40,42). The lowest BCUT2D eigenvalue weighted by Gasteiger charge is -2.22. The molecule has 28 nitrogen and oxygen atoms in total. The average molecular weight is 975 g/mol. The molecular formula is C32H38N12O16S4. The van der Waals surface area contributed by atoms with Gasteiger partial charge >= 0.3 is 0 Å². The number of aromatic nitrogens is 6. The van der Waals surface area contributed by atoms with Crippen LogP contribution in [0.15, 0.2) is 80.2 Å². The van der Waals surface area contributed by atoms with Crippen LogP contribution in [0.25, 0.3) is 0 Å². The van der Waals surface area contributed by atoms with Crippen LogP contribution < -0.4 is 31.1 Å². The number of rotatable bonds is 26. The van der Waals surface area contributed by atoms with Crippen molar-refractivity contribution in [2.75, 3.05) is 83.7 Å². The summed E-state index contributed by atoms with van der Waals surface area (Å²) in [7, 11) is -9.52. The van der Waals surface area contributed by atoms with Crippen molar-refractivity contribution in [1.29, 1.82) is 0 Å². The molecule has 0 aliphatic rings. The molecule has 0 aliphatic heterocycles. The molecule has 0 fully saturated rings. The molecule has 3 aromatic carbocycles. The maximum Gasteiger partial charge on any atom is 0.296 e. The van der Waals surface area contributed by atoms with E-state index in [-0.39, 0.29) is 109 Å². The van der Waals surface area contributed by atoms with E-state index in [1.54, 1.807) is 24.3 Å². The molecule has 2 aromatic heterocycles. The number of aliphatic hydroxyl groups is 4. The summed E-state index contributed by atoms with van der Waals surface area (Å²) in [5, 5.41) is 75.0. The van der Waals surface area contributed by atoms with E-state index in [0.717, 1.165) is 18.2 Å². The molecule has 5 rings (SSSR count). The fourth-order valence-corrected chi connectivity index (χ4v) is 7.31. The van der Waals surface area contributed by atoms with Crippen LogP contribution in [0.1, 0.15) is 0 Å². The molecule has 2 heterocycles. The summed E-state index contributed by atoms with van der Waals surface area (Å²) in [4.78, 5) is 28.3. The fourth-order valence-electron chi connectivity index (χ4n) is 5.35. The smallest absolute Gasteiger partial charge is 0.296 e. The zero-order chi connectivity index (χ0) is 46.3. The fraction of sp³-hybridized carbons (Fsp3) is 0.250. The lowest BCUT2D eigenvalue weighted by molar-refractivity contribution is -0.432. The third kappa shape index (κ3) is 14.3. The van der Waals surface area contributed by atoms with Gasteiger partial charge in [0.15, 0.2) is 0 Å². The summed E-state index contributed by atoms with van der Waals surface area (Å²) in [5.41, 5.74) is 0.371. The molecule has 5 aromatic rings. The maximum absolute atomic E-state index is 12.3. The van der Waals surface area contributed by atoms with Crippen molar-refractivity contribution < 1.29 is 75.6 Å². The second-order valence-corrected chi connectivity index (χ2v) is 16.6. The Balaban J connectivity index is 1.52. The summed E-state index contributed by atoms with van der Waals surface area (Å²) in [5.74, 6) is -0.900. The van der Waals surface area contributed by atoms with E-state index in [1.807, 2.05) is 0 Å². The summed E-state index contributed by atoms with van der Waals surface area (Å²) < 4.78 is 77.1. The van der Waals surface area contributed by atoms with Crippen molar-refractivity contribution in [1.82, 2.24) is 29.9 Å². The van der Waals surface area contributed by atoms with Crippen LogP contribution in [0, 0.1) is 0 Å². The Bertz CT molecular complexity index is 2560. The van der Waals surface area contributed by atoms with Crippen LogP contribution in [-0.4, -0.2) is 139 Å². The number of nitrogens with zero attached hydrogens (tertiary/aromatic N) is 8. The Morgan fingerprint density at radius 3 is 1.50 bits per heavy atom. The Kier molecular flexibility index (Phi) is 18.2. The summed E-state index contributed by atoms with van der Waals surface area (Å²) in [6.45, 7) is -1.62. The topological polar surface area (TPSA) is 399 Å². The second kappa shape index (κ2) is 23.5. The minimum Gasteiger partial charge on any atom is -0.395 e. The van der Waals surface area contributed by atoms with E-state index >= 15 is 0 Å². The van der Waals surface area contributed by atoms with Gasteiger partial charge in [-0.25, -0.2) is 10.5 Å². The molecule has 32 heteroatoms. The summed E-state index contributed by atoms with van der Waals surface area (Å²) >= 11 is 0.954. The first kappa shape index (κ1) is 49.6. The van der Waals surface area contributed by atoms with Gasteiger partial charge in [-0.15, -0.1) is 8.67 Å². The maximum atomic E-state index is 12.3. The third-order valence-electron chi connectivity index (χ3n) is 7.95. The van der Waals surface area contributed by atoms with Gasteiger partial charge in [-0.2, -0.15) is 46.7 Å². The van der Waals surface area contributed by atoms with Crippen molar-refractivity contribution in [3.63, 3.8) is 0 Å². The van der Waals surface area contributed by atoms with Gasteiger partial charge in [0.1, 0.15) is 4.90 Å². The molecule has 0 aliphatic carbocycles.